The summed E-state index contributed by atoms with van der Waals surface area (Å²) < 4.78 is 4.93. The van der Waals surface area contributed by atoms with Crippen LogP contribution < -0.4 is 10.6 Å². The van der Waals surface area contributed by atoms with Gasteiger partial charge in [-0.25, -0.2) is 4.79 Å². The molecule has 0 fully saturated rings. The van der Waals surface area contributed by atoms with Crippen LogP contribution in [-0.4, -0.2) is 36.8 Å². The van der Waals surface area contributed by atoms with E-state index in [2.05, 4.69) is 5.32 Å². The van der Waals surface area contributed by atoms with Gasteiger partial charge >= 0.3 is 12.0 Å². The van der Waals surface area contributed by atoms with Gasteiger partial charge in [0.15, 0.2) is 6.10 Å². The number of imide groups is 1. The molecule has 0 aliphatic carbocycles. The fourth-order valence-electron chi connectivity index (χ4n) is 1.22. The standard InChI is InChI=1S/C13H16N2O4S/c1-9(12(17)15-13(18)14-2)19-11(16)8-20-10-6-4-3-5-7-10/h3-7,9H,8H2,1-2H3,(H2,14,15,17,18). The van der Waals surface area contributed by atoms with E-state index in [1.54, 1.807) is 0 Å². The first kappa shape index (κ1) is 16.0. The second kappa shape index (κ2) is 8.21. The third-order valence-electron chi connectivity index (χ3n) is 2.24. The molecule has 2 N–H and O–H groups in total. The highest BCUT2D eigenvalue weighted by Crippen LogP contribution is 2.17. The molecule has 0 heterocycles. The van der Waals surface area contributed by atoms with Crippen LogP contribution in [0.5, 0.6) is 0 Å². The Bertz CT molecular complexity index is 479. The lowest BCUT2D eigenvalue weighted by molar-refractivity contribution is -0.151. The van der Waals surface area contributed by atoms with Crippen molar-refractivity contribution in [2.45, 2.75) is 17.9 Å². The summed E-state index contributed by atoms with van der Waals surface area (Å²) in [6, 6.07) is 8.73. The van der Waals surface area contributed by atoms with E-state index in [0.29, 0.717) is 0 Å². The SMILES string of the molecule is CNC(=O)NC(=O)C(C)OC(=O)CSc1ccccc1. The van der Waals surface area contributed by atoms with E-state index in [1.165, 1.54) is 25.7 Å². The highest BCUT2D eigenvalue weighted by atomic mass is 32.2. The second-order valence-electron chi connectivity index (χ2n) is 3.80. The number of amides is 3. The third-order valence-corrected chi connectivity index (χ3v) is 3.23. The van der Waals surface area contributed by atoms with Crippen molar-refractivity contribution < 1.29 is 19.1 Å². The molecule has 0 radical (unpaired) electrons. The average molecular weight is 296 g/mol. The van der Waals surface area contributed by atoms with Crippen molar-refractivity contribution in [3.8, 4) is 0 Å². The summed E-state index contributed by atoms with van der Waals surface area (Å²) in [6.45, 7) is 1.41. The van der Waals surface area contributed by atoms with Crippen molar-refractivity contribution in [3.63, 3.8) is 0 Å². The van der Waals surface area contributed by atoms with E-state index in [0.717, 1.165) is 4.90 Å². The smallest absolute Gasteiger partial charge is 0.321 e. The number of benzene rings is 1. The topological polar surface area (TPSA) is 84.5 Å². The first-order valence-corrected chi connectivity index (χ1v) is 6.91. The third kappa shape index (κ3) is 5.75. The molecular formula is C13H16N2O4S. The van der Waals surface area contributed by atoms with E-state index in [9.17, 15) is 14.4 Å². The van der Waals surface area contributed by atoms with Gasteiger partial charge in [0.2, 0.25) is 0 Å². The maximum absolute atomic E-state index is 11.6. The Balaban J connectivity index is 2.34. The summed E-state index contributed by atoms with van der Waals surface area (Å²) in [5, 5.41) is 4.27. The normalized spacial score (nSPS) is 11.3. The molecule has 108 valence electrons. The average Bonchev–Trinajstić information content (AvgIpc) is 2.45. The highest BCUT2D eigenvalue weighted by molar-refractivity contribution is 8.00. The summed E-state index contributed by atoms with van der Waals surface area (Å²) in [6.07, 6.45) is -1.02. The molecule has 1 rings (SSSR count). The van der Waals surface area contributed by atoms with E-state index >= 15 is 0 Å². The van der Waals surface area contributed by atoms with Crippen molar-refractivity contribution in [1.29, 1.82) is 0 Å². The van der Waals surface area contributed by atoms with Crippen LogP contribution >= 0.6 is 11.8 Å². The summed E-state index contributed by atoms with van der Waals surface area (Å²) in [4.78, 5) is 34.9. The summed E-state index contributed by atoms with van der Waals surface area (Å²) in [7, 11) is 1.38. The fraction of sp³-hybridized carbons (Fsp3) is 0.308. The number of hydrogen-bond donors (Lipinski definition) is 2. The molecule has 0 saturated heterocycles. The van der Waals surface area contributed by atoms with Gasteiger partial charge in [0.05, 0.1) is 5.75 Å². The lowest BCUT2D eigenvalue weighted by Crippen LogP contribution is -2.43. The number of esters is 1. The number of urea groups is 1. The quantitative estimate of drug-likeness (QED) is 0.629. The Kier molecular flexibility index (Phi) is 6.58. The summed E-state index contributed by atoms with van der Waals surface area (Å²) >= 11 is 1.32. The zero-order valence-corrected chi connectivity index (χ0v) is 12.0. The molecule has 0 saturated carbocycles. The van der Waals surface area contributed by atoms with E-state index < -0.39 is 24.0 Å². The predicted molar refractivity (Wildman–Crippen MR) is 75.3 cm³/mol. The van der Waals surface area contributed by atoms with Gasteiger partial charge < -0.3 is 10.1 Å². The Morgan fingerprint density at radius 3 is 2.50 bits per heavy atom. The number of nitrogens with one attached hydrogen (secondary N) is 2. The minimum Gasteiger partial charge on any atom is -0.452 e. The zero-order chi connectivity index (χ0) is 15.0. The molecule has 0 aromatic heterocycles. The number of carbonyl (C=O) groups is 3. The monoisotopic (exact) mass is 296 g/mol. The van der Waals surface area contributed by atoms with Gasteiger partial charge in [0, 0.05) is 11.9 Å². The van der Waals surface area contributed by atoms with Gasteiger partial charge in [-0.1, -0.05) is 18.2 Å². The Morgan fingerprint density at radius 2 is 1.90 bits per heavy atom. The number of thioether (sulfide) groups is 1. The van der Waals surface area contributed by atoms with Crippen LogP contribution in [0.2, 0.25) is 0 Å². The molecule has 3 amide bonds. The molecule has 7 heteroatoms. The fourth-order valence-corrected chi connectivity index (χ4v) is 1.92. The molecule has 0 aliphatic rings. The molecule has 6 nitrogen and oxygen atoms in total. The van der Waals surface area contributed by atoms with Crippen molar-refractivity contribution in [2.75, 3.05) is 12.8 Å². The molecule has 0 bridgehead atoms. The zero-order valence-electron chi connectivity index (χ0n) is 11.2. The van der Waals surface area contributed by atoms with Crippen molar-refractivity contribution in [1.82, 2.24) is 10.6 Å². The minimum atomic E-state index is -1.02. The number of carbonyl (C=O) groups excluding carboxylic acids is 3. The lowest BCUT2D eigenvalue weighted by Gasteiger charge is -2.12. The molecule has 1 aromatic carbocycles. The van der Waals surface area contributed by atoms with E-state index in [1.807, 2.05) is 35.6 Å². The van der Waals surface area contributed by atoms with Gasteiger partial charge in [0.25, 0.3) is 5.91 Å². The molecule has 1 aromatic rings. The summed E-state index contributed by atoms with van der Waals surface area (Å²) in [5.41, 5.74) is 0. The first-order valence-electron chi connectivity index (χ1n) is 5.93. The molecule has 1 unspecified atom stereocenters. The van der Waals surface area contributed by atoms with Crippen molar-refractivity contribution in [3.05, 3.63) is 30.3 Å². The van der Waals surface area contributed by atoms with Gasteiger partial charge in [0.1, 0.15) is 0 Å². The van der Waals surface area contributed by atoms with Crippen molar-refractivity contribution >= 4 is 29.7 Å². The molecule has 0 spiro atoms. The van der Waals surface area contributed by atoms with Gasteiger partial charge in [-0.15, -0.1) is 11.8 Å². The van der Waals surface area contributed by atoms with Gasteiger partial charge in [-0.05, 0) is 19.1 Å². The molecular weight excluding hydrogens is 280 g/mol. The number of hydrogen-bond acceptors (Lipinski definition) is 5. The lowest BCUT2D eigenvalue weighted by atomic mass is 10.4. The van der Waals surface area contributed by atoms with Crippen LogP contribution in [0.25, 0.3) is 0 Å². The van der Waals surface area contributed by atoms with E-state index in [-0.39, 0.29) is 5.75 Å². The van der Waals surface area contributed by atoms with Gasteiger partial charge in [-0.3, -0.25) is 14.9 Å². The molecule has 1 atom stereocenters. The highest BCUT2D eigenvalue weighted by Gasteiger charge is 2.19. The molecule has 20 heavy (non-hydrogen) atoms. The van der Waals surface area contributed by atoms with Crippen LogP contribution in [0, 0.1) is 0 Å². The van der Waals surface area contributed by atoms with Crippen LogP contribution in [0.3, 0.4) is 0 Å². The van der Waals surface area contributed by atoms with Crippen LogP contribution in [-0.2, 0) is 14.3 Å². The Hall–Kier alpha value is -2.02. The Labute approximate surface area is 121 Å². The van der Waals surface area contributed by atoms with Gasteiger partial charge in [-0.2, -0.15) is 0 Å². The molecule has 0 aliphatic heterocycles. The Morgan fingerprint density at radius 1 is 1.25 bits per heavy atom. The minimum absolute atomic E-state index is 0.0988. The largest absolute Gasteiger partial charge is 0.452 e. The van der Waals surface area contributed by atoms with E-state index in [4.69, 9.17) is 4.74 Å². The second-order valence-corrected chi connectivity index (χ2v) is 4.85. The van der Waals surface area contributed by atoms with Crippen LogP contribution in [0.1, 0.15) is 6.92 Å². The van der Waals surface area contributed by atoms with Crippen molar-refractivity contribution in [2.24, 2.45) is 0 Å². The maximum Gasteiger partial charge on any atom is 0.321 e. The van der Waals surface area contributed by atoms with Crippen LogP contribution in [0.15, 0.2) is 35.2 Å². The van der Waals surface area contributed by atoms with Crippen LogP contribution in [0.4, 0.5) is 4.79 Å². The maximum atomic E-state index is 11.6. The first-order chi connectivity index (χ1) is 9.52. The number of ether oxygens (including phenoxy) is 1. The summed E-state index contributed by atoms with van der Waals surface area (Å²) in [5.74, 6) is -1.08. The predicted octanol–water partition coefficient (Wildman–Crippen LogP) is 1.17. The number of rotatable bonds is 5.